The molecule has 2 aliphatic heterocycles. The summed E-state index contributed by atoms with van der Waals surface area (Å²) >= 11 is 1.93. The SMILES string of the molecule is CC1(C)/C(=C\C=C\C2=[N+](CC3CCCC3)CCS2)N(CCCCC2CCCC2)c2ccc(C(F)(F)F)cc21. The van der Waals surface area contributed by atoms with E-state index in [1.54, 1.807) is 6.07 Å². The molecule has 0 saturated heterocycles. The summed E-state index contributed by atoms with van der Waals surface area (Å²) in [5, 5.41) is 1.34. The third kappa shape index (κ3) is 6.21. The first-order chi connectivity index (χ1) is 18.2. The molecule has 208 valence electrons. The molecule has 2 fully saturated rings. The van der Waals surface area contributed by atoms with E-state index in [0.717, 1.165) is 60.6 Å². The number of fused-ring (bicyclic) bond motifs is 1. The van der Waals surface area contributed by atoms with E-state index in [1.807, 2.05) is 11.8 Å². The molecule has 38 heavy (non-hydrogen) atoms. The zero-order valence-electron chi connectivity index (χ0n) is 23.2. The van der Waals surface area contributed by atoms with Gasteiger partial charge in [-0.15, -0.1) is 0 Å². The largest absolute Gasteiger partial charge is 0.416 e. The molecule has 2 saturated carbocycles. The van der Waals surface area contributed by atoms with Crippen molar-refractivity contribution in [1.82, 2.24) is 0 Å². The van der Waals surface area contributed by atoms with Gasteiger partial charge >= 0.3 is 6.18 Å². The second-order valence-corrected chi connectivity index (χ2v) is 13.5. The Bertz CT molecular complexity index is 1070. The van der Waals surface area contributed by atoms with Crippen molar-refractivity contribution in [2.24, 2.45) is 11.8 Å². The van der Waals surface area contributed by atoms with Crippen molar-refractivity contribution < 1.29 is 17.7 Å². The van der Waals surface area contributed by atoms with E-state index in [4.69, 9.17) is 0 Å². The molecule has 0 radical (unpaired) electrons. The van der Waals surface area contributed by atoms with Gasteiger partial charge in [0, 0.05) is 35.3 Å². The maximum Gasteiger partial charge on any atom is 0.416 e. The monoisotopic (exact) mass is 545 g/mol. The third-order valence-electron chi connectivity index (χ3n) is 9.31. The minimum Gasteiger partial charge on any atom is -0.344 e. The second-order valence-electron chi connectivity index (χ2n) is 12.3. The average Bonchev–Trinajstić information content (AvgIpc) is 3.68. The molecule has 0 bridgehead atoms. The average molecular weight is 546 g/mol. The Balaban J connectivity index is 1.37. The van der Waals surface area contributed by atoms with Gasteiger partial charge in [-0.05, 0) is 55.0 Å². The Kier molecular flexibility index (Phi) is 8.66. The van der Waals surface area contributed by atoms with Crippen LogP contribution in [-0.4, -0.2) is 35.0 Å². The molecule has 0 spiro atoms. The summed E-state index contributed by atoms with van der Waals surface area (Å²) in [4.78, 5) is 2.30. The number of alkyl halides is 3. The van der Waals surface area contributed by atoms with Gasteiger partial charge in [-0.1, -0.05) is 83.1 Å². The summed E-state index contributed by atoms with van der Waals surface area (Å²) in [5.41, 5.74) is 1.80. The van der Waals surface area contributed by atoms with Crippen LogP contribution in [0.25, 0.3) is 0 Å². The lowest BCUT2D eigenvalue weighted by atomic mass is 9.83. The molecule has 5 rings (SSSR count). The molecule has 6 heteroatoms. The van der Waals surface area contributed by atoms with Gasteiger partial charge in [-0.25, -0.2) is 4.58 Å². The fourth-order valence-electron chi connectivity index (χ4n) is 7.12. The zero-order valence-corrected chi connectivity index (χ0v) is 24.0. The molecule has 4 aliphatic rings. The number of anilines is 1. The number of thioether (sulfide) groups is 1. The third-order valence-corrected chi connectivity index (χ3v) is 10.4. The van der Waals surface area contributed by atoms with Crippen LogP contribution >= 0.6 is 11.8 Å². The highest BCUT2D eigenvalue weighted by molar-refractivity contribution is 8.14. The Morgan fingerprint density at radius 1 is 1.03 bits per heavy atom. The van der Waals surface area contributed by atoms with Crippen LogP contribution in [0.2, 0.25) is 0 Å². The van der Waals surface area contributed by atoms with Crippen LogP contribution in [-0.2, 0) is 11.6 Å². The van der Waals surface area contributed by atoms with Crippen LogP contribution in [0, 0.1) is 11.8 Å². The van der Waals surface area contributed by atoms with Gasteiger partial charge in [0.1, 0.15) is 6.54 Å². The summed E-state index contributed by atoms with van der Waals surface area (Å²) < 4.78 is 43.4. The summed E-state index contributed by atoms with van der Waals surface area (Å²) in [5.74, 6) is 2.83. The van der Waals surface area contributed by atoms with E-state index < -0.39 is 17.2 Å². The molecular weight excluding hydrogens is 501 g/mol. The molecule has 0 N–H and O–H groups in total. The van der Waals surface area contributed by atoms with Crippen molar-refractivity contribution in [3.05, 3.63) is 53.3 Å². The highest BCUT2D eigenvalue weighted by Crippen LogP contribution is 2.49. The Hall–Kier alpha value is -1.69. The first-order valence-corrected chi connectivity index (χ1v) is 15.8. The lowest BCUT2D eigenvalue weighted by Crippen LogP contribution is -2.27. The lowest BCUT2D eigenvalue weighted by Gasteiger charge is -2.27. The topological polar surface area (TPSA) is 6.25 Å². The summed E-state index contributed by atoms with van der Waals surface area (Å²) in [6.45, 7) is 7.28. The number of hydrogen-bond donors (Lipinski definition) is 0. The predicted octanol–water partition coefficient (Wildman–Crippen LogP) is 8.95. The number of allylic oxidation sites excluding steroid dienone is 3. The fraction of sp³-hybridized carbons (Fsp3) is 0.656. The molecule has 1 aromatic rings. The van der Waals surface area contributed by atoms with Crippen molar-refractivity contribution in [3.63, 3.8) is 0 Å². The van der Waals surface area contributed by atoms with Crippen molar-refractivity contribution in [2.45, 2.75) is 96.1 Å². The second kappa shape index (κ2) is 11.8. The standard InChI is InChI=1S/C32H44F3N2S/c1-31(2)27-22-26(32(33,34)35)17-18-28(27)37(19-8-7-12-24-10-3-4-11-24)29(31)15-9-16-30-36(20-21-38-30)23-25-13-5-6-14-25/h9,15-18,22,24-25H,3-8,10-14,19-21,23H2,1-2H3/q+1. The van der Waals surface area contributed by atoms with Gasteiger partial charge in [-0.3, -0.25) is 0 Å². The van der Waals surface area contributed by atoms with Crippen LogP contribution < -0.4 is 4.90 Å². The molecule has 0 amide bonds. The van der Waals surface area contributed by atoms with Crippen LogP contribution in [0.15, 0.2) is 42.1 Å². The van der Waals surface area contributed by atoms with Crippen molar-refractivity contribution in [2.75, 3.05) is 30.3 Å². The Morgan fingerprint density at radius 2 is 1.74 bits per heavy atom. The van der Waals surface area contributed by atoms with E-state index in [9.17, 15) is 13.2 Å². The van der Waals surface area contributed by atoms with Crippen molar-refractivity contribution in [3.8, 4) is 0 Å². The van der Waals surface area contributed by atoms with Gasteiger partial charge in [0.15, 0.2) is 6.54 Å². The molecule has 0 aromatic heterocycles. The number of rotatable bonds is 9. The van der Waals surface area contributed by atoms with Crippen LogP contribution in [0.4, 0.5) is 18.9 Å². The number of benzene rings is 1. The van der Waals surface area contributed by atoms with Gasteiger partial charge in [0.25, 0.3) is 0 Å². The maximum atomic E-state index is 13.6. The molecule has 1 aromatic carbocycles. The minimum atomic E-state index is -4.33. The maximum absolute atomic E-state index is 13.6. The van der Waals surface area contributed by atoms with Crippen LogP contribution in [0.1, 0.15) is 95.6 Å². The zero-order chi connectivity index (χ0) is 26.8. The van der Waals surface area contributed by atoms with E-state index in [0.29, 0.717) is 0 Å². The molecule has 0 atom stereocenters. The molecule has 0 unspecified atom stereocenters. The van der Waals surface area contributed by atoms with Crippen LogP contribution in [0.5, 0.6) is 0 Å². The van der Waals surface area contributed by atoms with Gasteiger partial charge in [0.05, 0.1) is 11.3 Å². The highest BCUT2D eigenvalue weighted by Gasteiger charge is 2.42. The minimum absolute atomic E-state index is 0.483. The number of unbranched alkanes of at least 4 members (excludes halogenated alkanes) is 1. The smallest absolute Gasteiger partial charge is 0.344 e. The Labute approximate surface area is 231 Å². The summed E-state index contributed by atoms with van der Waals surface area (Å²) in [6.07, 6.45) is 16.7. The first kappa shape index (κ1) is 27.9. The van der Waals surface area contributed by atoms with Crippen molar-refractivity contribution in [1.29, 1.82) is 0 Å². The summed E-state index contributed by atoms with van der Waals surface area (Å²) in [7, 11) is 0. The van der Waals surface area contributed by atoms with E-state index in [2.05, 4.69) is 41.6 Å². The number of hydrogen-bond acceptors (Lipinski definition) is 2. The molecule has 2 aliphatic carbocycles. The van der Waals surface area contributed by atoms with E-state index >= 15 is 0 Å². The van der Waals surface area contributed by atoms with Crippen molar-refractivity contribution >= 4 is 22.5 Å². The van der Waals surface area contributed by atoms with Gasteiger partial charge < -0.3 is 4.90 Å². The molecular formula is C32H44F3N2S+. The lowest BCUT2D eigenvalue weighted by molar-refractivity contribution is -0.524. The first-order valence-electron chi connectivity index (χ1n) is 14.9. The fourth-order valence-corrected chi connectivity index (χ4v) is 8.16. The van der Waals surface area contributed by atoms with E-state index in [-0.39, 0.29) is 0 Å². The number of halogens is 3. The summed E-state index contributed by atoms with van der Waals surface area (Å²) in [6, 6.07) is 4.34. The molecule has 2 heterocycles. The van der Waals surface area contributed by atoms with Gasteiger partial charge in [-0.2, -0.15) is 13.2 Å². The molecule has 2 nitrogen and oxygen atoms in total. The van der Waals surface area contributed by atoms with Gasteiger partial charge in [0.2, 0.25) is 5.04 Å². The normalized spacial score (nSPS) is 23.6. The quantitative estimate of drug-likeness (QED) is 0.226. The predicted molar refractivity (Wildman–Crippen MR) is 154 cm³/mol. The van der Waals surface area contributed by atoms with Crippen LogP contribution in [0.3, 0.4) is 0 Å². The number of nitrogens with zero attached hydrogens (tertiary/aromatic N) is 2. The highest BCUT2D eigenvalue weighted by atomic mass is 32.2. The Morgan fingerprint density at radius 3 is 2.45 bits per heavy atom. The van der Waals surface area contributed by atoms with E-state index in [1.165, 1.54) is 81.4 Å².